The SMILES string of the molecule is CCCNC(=O)CCn1cnc2c(-c3ccc(C)cc3)noc2c1=O. The zero-order chi connectivity index (χ0) is 17.8. The third-order valence-corrected chi connectivity index (χ3v) is 3.93. The van der Waals surface area contributed by atoms with Crippen molar-refractivity contribution in [1.82, 2.24) is 20.0 Å². The van der Waals surface area contributed by atoms with Gasteiger partial charge in [-0.25, -0.2) is 4.98 Å². The maximum absolute atomic E-state index is 12.5. The van der Waals surface area contributed by atoms with Crippen molar-refractivity contribution in [3.05, 3.63) is 46.5 Å². The number of aromatic nitrogens is 3. The second-order valence-electron chi connectivity index (χ2n) is 5.92. The summed E-state index contributed by atoms with van der Waals surface area (Å²) >= 11 is 0. The number of rotatable bonds is 6. The molecule has 2 aromatic heterocycles. The number of hydrogen-bond donors (Lipinski definition) is 1. The second-order valence-corrected chi connectivity index (χ2v) is 5.92. The number of nitrogens with one attached hydrogen (secondary N) is 1. The minimum absolute atomic E-state index is 0.0910. The molecule has 1 aromatic carbocycles. The minimum atomic E-state index is -0.334. The molecule has 25 heavy (non-hydrogen) atoms. The summed E-state index contributed by atoms with van der Waals surface area (Å²) in [5.74, 6) is -0.0910. The van der Waals surface area contributed by atoms with Crippen LogP contribution in [-0.4, -0.2) is 27.2 Å². The molecule has 0 fully saturated rings. The standard InChI is InChI=1S/C18H20N4O3/c1-3-9-19-14(23)8-10-22-11-20-16-15(21-25-17(16)18(22)24)13-6-4-12(2)5-7-13/h4-7,11H,3,8-10H2,1-2H3,(H,19,23). The third kappa shape index (κ3) is 3.60. The number of amides is 1. The summed E-state index contributed by atoms with van der Waals surface area (Å²) in [5.41, 5.74) is 2.72. The fraction of sp³-hybridized carbons (Fsp3) is 0.333. The average Bonchev–Trinajstić information content (AvgIpc) is 3.05. The Bertz CT molecular complexity index is 941. The van der Waals surface area contributed by atoms with E-state index in [1.165, 1.54) is 10.9 Å². The minimum Gasteiger partial charge on any atom is -0.356 e. The van der Waals surface area contributed by atoms with Crippen molar-refractivity contribution in [2.75, 3.05) is 6.54 Å². The number of benzene rings is 1. The molecule has 0 spiro atoms. The molecule has 130 valence electrons. The first kappa shape index (κ1) is 16.9. The van der Waals surface area contributed by atoms with Crippen LogP contribution in [0.25, 0.3) is 22.4 Å². The molecule has 0 radical (unpaired) electrons. The largest absolute Gasteiger partial charge is 0.356 e. The summed E-state index contributed by atoms with van der Waals surface area (Å²) in [7, 11) is 0. The van der Waals surface area contributed by atoms with Crippen LogP contribution in [0.4, 0.5) is 0 Å². The molecular weight excluding hydrogens is 320 g/mol. The maximum atomic E-state index is 12.5. The molecule has 3 aromatic rings. The van der Waals surface area contributed by atoms with Gasteiger partial charge in [0.25, 0.3) is 11.1 Å². The molecule has 7 heteroatoms. The highest BCUT2D eigenvalue weighted by Crippen LogP contribution is 2.24. The molecule has 0 unspecified atom stereocenters. The summed E-state index contributed by atoms with van der Waals surface area (Å²) in [6.07, 6.45) is 2.53. The molecule has 0 aliphatic rings. The van der Waals surface area contributed by atoms with Gasteiger partial charge in [0.15, 0.2) is 0 Å². The molecule has 0 aliphatic heterocycles. The molecule has 0 saturated carbocycles. The predicted molar refractivity (Wildman–Crippen MR) is 94.2 cm³/mol. The van der Waals surface area contributed by atoms with E-state index in [0.29, 0.717) is 17.8 Å². The van der Waals surface area contributed by atoms with E-state index >= 15 is 0 Å². The van der Waals surface area contributed by atoms with Crippen molar-refractivity contribution in [1.29, 1.82) is 0 Å². The summed E-state index contributed by atoms with van der Waals surface area (Å²) in [6.45, 7) is 4.86. The van der Waals surface area contributed by atoms with Gasteiger partial charge in [-0.15, -0.1) is 0 Å². The first-order valence-electron chi connectivity index (χ1n) is 8.28. The van der Waals surface area contributed by atoms with Crippen molar-refractivity contribution in [3.63, 3.8) is 0 Å². The molecule has 0 aliphatic carbocycles. The lowest BCUT2D eigenvalue weighted by atomic mass is 10.1. The van der Waals surface area contributed by atoms with E-state index < -0.39 is 0 Å². The number of nitrogens with zero attached hydrogens (tertiary/aromatic N) is 3. The molecule has 1 N–H and O–H groups in total. The normalized spacial score (nSPS) is 11.0. The van der Waals surface area contributed by atoms with E-state index in [1.807, 2.05) is 38.1 Å². The first-order valence-corrected chi connectivity index (χ1v) is 8.28. The second kappa shape index (κ2) is 7.29. The van der Waals surface area contributed by atoms with E-state index in [-0.39, 0.29) is 30.0 Å². The van der Waals surface area contributed by atoms with Gasteiger partial charge in [-0.1, -0.05) is 41.9 Å². The van der Waals surface area contributed by atoms with Gasteiger partial charge in [0.05, 0.1) is 6.33 Å². The maximum Gasteiger partial charge on any atom is 0.299 e. The van der Waals surface area contributed by atoms with Gasteiger partial charge in [0, 0.05) is 25.1 Å². The zero-order valence-corrected chi connectivity index (χ0v) is 14.3. The van der Waals surface area contributed by atoms with Crippen LogP contribution in [-0.2, 0) is 11.3 Å². The van der Waals surface area contributed by atoms with Gasteiger partial charge in [0.2, 0.25) is 5.91 Å². The smallest absolute Gasteiger partial charge is 0.299 e. The number of hydrogen-bond acceptors (Lipinski definition) is 5. The Morgan fingerprint density at radius 1 is 1.28 bits per heavy atom. The summed E-state index contributed by atoms with van der Waals surface area (Å²) in [5, 5.41) is 6.78. The topological polar surface area (TPSA) is 90.0 Å². The molecular formula is C18H20N4O3. The van der Waals surface area contributed by atoms with Gasteiger partial charge in [-0.3, -0.25) is 14.2 Å². The van der Waals surface area contributed by atoms with Crippen molar-refractivity contribution in [2.45, 2.75) is 33.2 Å². The van der Waals surface area contributed by atoms with Crippen LogP contribution in [0.5, 0.6) is 0 Å². The molecule has 3 rings (SSSR count). The van der Waals surface area contributed by atoms with Crippen molar-refractivity contribution >= 4 is 17.0 Å². The van der Waals surface area contributed by atoms with Gasteiger partial charge in [-0.2, -0.15) is 0 Å². The molecule has 1 amide bonds. The Hall–Kier alpha value is -2.96. The van der Waals surface area contributed by atoms with Gasteiger partial charge < -0.3 is 9.84 Å². The number of carbonyl (C=O) groups excluding carboxylic acids is 1. The highest BCUT2D eigenvalue weighted by molar-refractivity contribution is 5.87. The molecule has 0 saturated heterocycles. The van der Waals surface area contributed by atoms with Crippen LogP contribution in [0.3, 0.4) is 0 Å². The van der Waals surface area contributed by atoms with Crippen LogP contribution < -0.4 is 10.9 Å². The van der Waals surface area contributed by atoms with Crippen molar-refractivity contribution in [2.24, 2.45) is 0 Å². The summed E-state index contributed by atoms with van der Waals surface area (Å²) in [6, 6.07) is 7.76. The predicted octanol–water partition coefficient (Wildman–Crippen LogP) is 2.28. The quantitative estimate of drug-likeness (QED) is 0.743. The summed E-state index contributed by atoms with van der Waals surface area (Å²) < 4.78 is 6.60. The van der Waals surface area contributed by atoms with Gasteiger partial charge >= 0.3 is 0 Å². The lowest BCUT2D eigenvalue weighted by molar-refractivity contribution is -0.121. The summed E-state index contributed by atoms with van der Waals surface area (Å²) in [4.78, 5) is 28.5. The van der Waals surface area contributed by atoms with Crippen molar-refractivity contribution < 1.29 is 9.32 Å². The number of carbonyl (C=O) groups is 1. The highest BCUT2D eigenvalue weighted by atomic mass is 16.5. The molecule has 2 heterocycles. The molecule has 7 nitrogen and oxygen atoms in total. The van der Waals surface area contributed by atoms with Crippen molar-refractivity contribution in [3.8, 4) is 11.3 Å². The Labute approximate surface area is 144 Å². The Morgan fingerprint density at radius 3 is 2.76 bits per heavy atom. The van der Waals surface area contributed by atoms with E-state index in [4.69, 9.17) is 4.52 Å². The van der Waals surface area contributed by atoms with Crippen LogP contribution >= 0.6 is 0 Å². The monoisotopic (exact) mass is 340 g/mol. The van der Waals surface area contributed by atoms with Crippen LogP contribution in [0.1, 0.15) is 25.3 Å². The Kier molecular flexibility index (Phi) is 4.92. The fourth-order valence-electron chi connectivity index (χ4n) is 2.49. The highest BCUT2D eigenvalue weighted by Gasteiger charge is 2.16. The molecule has 0 atom stereocenters. The molecule has 0 bridgehead atoms. The lowest BCUT2D eigenvalue weighted by Crippen LogP contribution is -2.27. The van der Waals surface area contributed by atoms with Gasteiger partial charge in [-0.05, 0) is 13.3 Å². The first-order chi connectivity index (χ1) is 12.1. The van der Waals surface area contributed by atoms with Crippen LogP contribution in [0, 0.1) is 6.92 Å². The lowest BCUT2D eigenvalue weighted by Gasteiger charge is -2.05. The van der Waals surface area contributed by atoms with Crippen LogP contribution in [0.15, 0.2) is 39.9 Å². The van der Waals surface area contributed by atoms with Gasteiger partial charge in [0.1, 0.15) is 11.2 Å². The van der Waals surface area contributed by atoms with E-state index in [2.05, 4.69) is 15.5 Å². The third-order valence-electron chi connectivity index (χ3n) is 3.93. The number of aryl methyl sites for hydroxylation is 2. The number of fused-ring (bicyclic) bond motifs is 1. The zero-order valence-electron chi connectivity index (χ0n) is 14.3. The Morgan fingerprint density at radius 2 is 2.04 bits per heavy atom. The van der Waals surface area contributed by atoms with E-state index in [0.717, 1.165) is 17.5 Å². The average molecular weight is 340 g/mol. The van der Waals surface area contributed by atoms with E-state index in [9.17, 15) is 9.59 Å². The van der Waals surface area contributed by atoms with E-state index in [1.54, 1.807) is 0 Å². The fourth-order valence-corrected chi connectivity index (χ4v) is 2.49. The van der Waals surface area contributed by atoms with Crippen LogP contribution in [0.2, 0.25) is 0 Å². The Balaban J connectivity index is 1.85.